The highest BCUT2D eigenvalue weighted by Gasteiger charge is 2.38. The zero-order valence-electron chi connectivity index (χ0n) is 9.07. The number of aliphatic hydroxyl groups is 1. The summed E-state index contributed by atoms with van der Waals surface area (Å²) in [6, 6.07) is 8.16. The van der Waals surface area contributed by atoms with Gasteiger partial charge in [0.25, 0.3) is 0 Å². The molecule has 0 saturated carbocycles. The van der Waals surface area contributed by atoms with Crippen LogP contribution in [0.5, 0.6) is 0 Å². The van der Waals surface area contributed by atoms with Crippen molar-refractivity contribution in [3.8, 4) is 6.07 Å². The number of hydrogen-bond acceptors (Lipinski definition) is 3. The summed E-state index contributed by atoms with van der Waals surface area (Å²) in [6.45, 7) is -0.609. The van der Waals surface area contributed by atoms with Crippen molar-refractivity contribution in [1.29, 1.82) is 5.26 Å². The lowest BCUT2D eigenvalue weighted by atomic mass is 10.1. The lowest BCUT2D eigenvalue weighted by Gasteiger charge is -2.24. The molecule has 0 saturated heterocycles. The summed E-state index contributed by atoms with van der Waals surface area (Å²) in [7, 11) is 1.39. The van der Waals surface area contributed by atoms with E-state index in [1.807, 2.05) is 6.07 Å². The van der Waals surface area contributed by atoms with Gasteiger partial charge in [-0.05, 0) is 12.1 Å². The first-order chi connectivity index (χ1) is 7.86. The molecule has 1 aromatic rings. The highest BCUT2D eigenvalue weighted by molar-refractivity contribution is 5.58. The van der Waals surface area contributed by atoms with E-state index in [0.29, 0.717) is 5.69 Å². The van der Waals surface area contributed by atoms with Crippen molar-refractivity contribution < 1.29 is 18.3 Å². The van der Waals surface area contributed by atoms with E-state index in [1.165, 1.54) is 24.1 Å². The number of aliphatic hydroxyl groups excluding tert-OH is 1. The Morgan fingerprint density at radius 2 is 2.00 bits per heavy atom. The van der Waals surface area contributed by atoms with Gasteiger partial charge in [0.1, 0.15) is 6.07 Å². The molecule has 6 heteroatoms. The monoisotopic (exact) mass is 244 g/mol. The molecular formula is C11H11F3N2O. The molecule has 1 N–H and O–H groups in total. The first-order valence-corrected chi connectivity index (χ1v) is 4.81. The molecule has 0 heterocycles. The second kappa shape index (κ2) is 5.06. The van der Waals surface area contributed by atoms with Crippen LogP contribution in [0, 0.1) is 11.3 Å². The van der Waals surface area contributed by atoms with E-state index >= 15 is 0 Å². The molecule has 0 aromatic heterocycles. The third-order valence-corrected chi connectivity index (χ3v) is 2.26. The van der Waals surface area contributed by atoms with E-state index in [-0.39, 0.29) is 5.56 Å². The normalized spacial score (nSPS) is 12.9. The summed E-state index contributed by atoms with van der Waals surface area (Å²) in [5.74, 6) is 0. The van der Waals surface area contributed by atoms with Crippen molar-refractivity contribution in [3.05, 3.63) is 29.8 Å². The van der Waals surface area contributed by atoms with Gasteiger partial charge in [0.05, 0.1) is 17.8 Å². The van der Waals surface area contributed by atoms with Crippen LogP contribution in [0.25, 0.3) is 0 Å². The van der Waals surface area contributed by atoms with Crippen LogP contribution >= 0.6 is 0 Å². The maximum absolute atomic E-state index is 12.2. The molecule has 0 aliphatic rings. The number of rotatable bonds is 3. The topological polar surface area (TPSA) is 47.3 Å². The Hall–Kier alpha value is -1.74. The molecular weight excluding hydrogens is 233 g/mol. The number of para-hydroxylation sites is 1. The number of likely N-dealkylation sites (N-methyl/N-ethyl adjacent to an activating group) is 1. The van der Waals surface area contributed by atoms with Crippen molar-refractivity contribution >= 4 is 5.69 Å². The average Bonchev–Trinajstić information content (AvgIpc) is 2.27. The Morgan fingerprint density at radius 1 is 1.41 bits per heavy atom. The Labute approximate surface area is 96.7 Å². The molecule has 0 fully saturated rings. The van der Waals surface area contributed by atoms with Gasteiger partial charge in [-0.2, -0.15) is 18.4 Å². The largest absolute Gasteiger partial charge is 0.416 e. The number of anilines is 1. The minimum Gasteiger partial charge on any atom is -0.382 e. The van der Waals surface area contributed by atoms with Crippen LogP contribution in [0.15, 0.2) is 24.3 Å². The third kappa shape index (κ3) is 3.36. The Kier molecular flexibility index (Phi) is 3.97. The zero-order valence-corrected chi connectivity index (χ0v) is 9.07. The molecule has 0 spiro atoms. The van der Waals surface area contributed by atoms with Crippen LogP contribution in [0.1, 0.15) is 5.56 Å². The van der Waals surface area contributed by atoms with Crippen LogP contribution in [-0.4, -0.2) is 31.0 Å². The number of benzene rings is 1. The summed E-state index contributed by atoms with van der Waals surface area (Å²) in [4.78, 5) is 1.21. The fraction of sp³-hybridized carbons (Fsp3) is 0.364. The second-order valence-corrected chi connectivity index (χ2v) is 3.57. The first-order valence-electron chi connectivity index (χ1n) is 4.81. The summed E-state index contributed by atoms with van der Waals surface area (Å²) in [5, 5.41) is 17.7. The maximum atomic E-state index is 12.2. The van der Waals surface area contributed by atoms with Gasteiger partial charge in [0.15, 0.2) is 6.10 Å². The van der Waals surface area contributed by atoms with Gasteiger partial charge in [-0.15, -0.1) is 0 Å². The molecule has 0 bridgehead atoms. The molecule has 17 heavy (non-hydrogen) atoms. The minimum atomic E-state index is -4.66. The highest BCUT2D eigenvalue weighted by Crippen LogP contribution is 2.24. The van der Waals surface area contributed by atoms with Crippen molar-refractivity contribution in [1.82, 2.24) is 0 Å². The molecule has 1 unspecified atom stereocenters. The summed E-state index contributed by atoms with van der Waals surface area (Å²) >= 11 is 0. The Morgan fingerprint density at radius 3 is 2.53 bits per heavy atom. The molecule has 0 radical (unpaired) electrons. The molecule has 1 rings (SSSR count). The smallest absolute Gasteiger partial charge is 0.382 e. The quantitative estimate of drug-likeness (QED) is 0.883. The SMILES string of the molecule is CN(CC(O)C(F)(F)F)c1ccccc1C#N. The van der Waals surface area contributed by atoms with Gasteiger partial charge in [0, 0.05) is 7.05 Å². The van der Waals surface area contributed by atoms with E-state index in [9.17, 15) is 13.2 Å². The van der Waals surface area contributed by atoms with Crippen molar-refractivity contribution in [2.75, 3.05) is 18.5 Å². The molecule has 1 atom stereocenters. The van der Waals surface area contributed by atoms with Gasteiger partial charge in [-0.3, -0.25) is 0 Å². The molecule has 0 aliphatic heterocycles. The lowest BCUT2D eigenvalue weighted by molar-refractivity contribution is -0.200. The van der Waals surface area contributed by atoms with Crippen LogP contribution in [0.3, 0.4) is 0 Å². The summed E-state index contributed by atoms with van der Waals surface area (Å²) in [6.07, 6.45) is -7.09. The van der Waals surface area contributed by atoms with E-state index in [1.54, 1.807) is 12.1 Å². The predicted molar refractivity (Wildman–Crippen MR) is 56.5 cm³/mol. The van der Waals surface area contributed by atoms with Gasteiger partial charge < -0.3 is 10.0 Å². The number of halogens is 3. The first kappa shape index (κ1) is 13.3. The van der Waals surface area contributed by atoms with E-state index in [2.05, 4.69) is 0 Å². The third-order valence-electron chi connectivity index (χ3n) is 2.26. The van der Waals surface area contributed by atoms with Crippen LogP contribution < -0.4 is 4.90 Å². The predicted octanol–water partition coefficient (Wildman–Crippen LogP) is 1.92. The van der Waals surface area contributed by atoms with E-state index < -0.39 is 18.8 Å². The fourth-order valence-electron chi connectivity index (χ4n) is 1.36. The fourth-order valence-corrected chi connectivity index (χ4v) is 1.36. The van der Waals surface area contributed by atoms with Gasteiger partial charge >= 0.3 is 6.18 Å². The second-order valence-electron chi connectivity index (χ2n) is 3.57. The van der Waals surface area contributed by atoms with Crippen molar-refractivity contribution in [2.24, 2.45) is 0 Å². The summed E-state index contributed by atoms with van der Waals surface area (Å²) < 4.78 is 36.5. The lowest BCUT2D eigenvalue weighted by Crippen LogP contribution is -2.39. The standard InChI is InChI=1S/C11H11F3N2O/c1-16(7-10(17)11(12,13)14)9-5-3-2-4-8(9)6-15/h2-5,10,17H,7H2,1H3. The molecule has 0 amide bonds. The van der Waals surface area contributed by atoms with Gasteiger partial charge in [0.2, 0.25) is 0 Å². The molecule has 1 aromatic carbocycles. The van der Waals surface area contributed by atoms with Crippen LogP contribution in [0.2, 0.25) is 0 Å². The number of hydrogen-bond donors (Lipinski definition) is 1. The van der Waals surface area contributed by atoms with Crippen molar-refractivity contribution in [2.45, 2.75) is 12.3 Å². The summed E-state index contributed by atoms with van der Waals surface area (Å²) in [5.41, 5.74) is 0.627. The maximum Gasteiger partial charge on any atom is 0.416 e. The molecule has 3 nitrogen and oxygen atoms in total. The minimum absolute atomic E-state index is 0.268. The average molecular weight is 244 g/mol. The molecule has 92 valence electrons. The van der Waals surface area contributed by atoms with Gasteiger partial charge in [-0.1, -0.05) is 12.1 Å². The number of nitriles is 1. The zero-order chi connectivity index (χ0) is 13.1. The van der Waals surface area contributed by atoms with Gasteiger partial charge in [-0.25, -0.2) is 0 Å². The molecule has 0 aliphatic carbocycles. The van der Waals surface area contributed by atoms with E-state index in [0.717, 1.165) is 0 Å². The van der Waals surface area contributed by atoms with E-state index in [4.69, 9.17) is 10.4 Å². The number of alkyl halides is 3. The Bertz CT molecular complexity index is 425. The van der Waals surface area contributed by atoms with Crippen molar-refractivity contribution in [3.63, 3.8) is 0 Å². The van der Waals surface area contributed by atoms with Crippen LogP contribution in [-0.2, 0) is 0 Å². The highest BCUT2D eigenvalue weighted by atomic mass is 19.4. The Balaban J connectivity index is 2.84. The van der Waals surface area contributed by atoms with Crippen LogP contribution in [0.4, 0.5) is 18.9 Å². The number of nitrogens with zero attached hydrogens (tertiary/aromatic N) is 2.